The first kappa shape index (κ1) is 20.2. The molecule has 0 fully saturated rings. The topological polar surface area (TPSA) is 46.6 Å². The second kappa shape index (κ2) is 8.23. The summed E-state index contributed by atoms with van der Waals surface area (Å²) in [6, 6.07) is 13.4. The highest BCUT2D eigenvalue weighted by atomic mass is 32.2. The number of methoxy groups -OCH3 is 1. The molecular formula is C23H25NO3S. The van der Waals surface area contributed by atoms with Gasteiger partial charge in [-0.25, -0.2) is 0 Å². The summed E-state index contributed by atoms with van der Waals surface area (Å²) in [5.74, 6) is 0.191. The Hall–Kier alpha value is -2.53. The molecule has 0 atom stereocenters. The first-order valence-electron chi connectivity index (χ1n) is 9.30. The summed E-state index contributed by atoms with van der Waals surface area (Å²) in [6.07, 6.45) is 0. The Labute approximate surface area is 170 Å². The zero-order valence-corrected chi connectivity index (χ0v) is 17.7. The van der Waals surface area contributed by atoms with Gasteiger partial charge in [-0.3, -0.25) is 14.5 Å². The molecule has 5 heteroatoms. The zero-order valence-electron chi connectivity index (χ0n) is 16.9. The van der Waals surface area contributed by atoms with Crippen LogP contribution in [0.3, 0.4) is 0 Å². The zero-order chi connectivity index (χ0) is 20.4. The Bertz CT molecular complexity index is 962. The molecule has 0 radical (unpaired) electrons. The van der Waals surface area contributed by atoms with E-state index in [1.807, 2.05) is 70.2 Å². The van der Waals surface area contributed by atoms with Crippen LogP contribution in [-0.2, 0) is 16.1 Å². The Morgan fingerprint density at radius 3 is 2.39 bits per heavy atom. The lowest BCUT2D eigenvalue weighted by molar-refractivity contribution is -0.137. The quantitative estimate of drug-likeness (QED) is 0.663. The van der Waals surface area contributed by atoms with Crippen LogP contribution in [0.4, 0.5) is 0 Å². The van der Waals surface area contributed by atoms with Crippen molar-refractivity contribution >= 4 is 29.1 Å². The minimum Gasteiger partial charge on any atom is -0.496 e. The molecule has 0 saturated heterocycles. The van der Waals surface area contributed by atoms with Crippen LogP contribution in [0.15, 0.2) is 47.4 Å². The predicted octanol–water partition coefficient (Wildman–Crippen LogP) is 4.73. The summed E-state index contributed by atoms with van der Waals surface area (Å²) in [5, 5.41) is 0.193. The van der Waals surface area contributed by atoms with E-state index < -0.39 is 0 Å². The minimum absolute atomic E-state index is 0.193. The maximum Gasteiger partial charge on any atom is 0.268 e. The Balaban J connectivity index is 2.04. The largest absolute Gasteiger partial charge is 0.496 e. The third kappa shape index (κ3) is 3.85. The van der Waals surface area contributed by atoms with E-state index in [1.165, 1.54) is 16.7 Å². The summed E-state index contributed by atoms with van der Waals surface area (Å²) in [4.78, 5) is 28.4. The predicted molar refractivity (Wildman–Crippen MR) is 114 cm³/mol. The number of rotatable bonds is 6. The molecule has 0 aliphatic carbocycles. The van der Waals surface area contributed by atoms with Crippen molar-refractivity contribution in [2.75, 3.05) is 7.11 Å². The SMILES string of the molecule is COc1ccccc1CN1C(=O)C(SC(C)C)=C(c2ccc(C)cc2C)C1=O. The van der Waals surface area contributed by atoms with Crippen molar-refractivity contribution in [1.82, 2.24) is 4.90 Å². The highest BCUT2D eigenvalue weighted by Gasteiger charge is 2.40. The number of ether oxygens (including phenoxy) is 1. The van der Waals surface area contributed by atoms with Gasteiger partial charge in [0.2, 0.25) is 0 Å². The molecular weight excluding hydrogens is 370 g/mol. The van der Waals surface area contributed by atoms with Crippen LogP contribution >= 0.6 is 11.8 Å². The van der Waals surface area contributed by atoms with Crippen LogP contribution in [0.2, 0.25) is 0 Å². The second-order valence-electron chi connectivity index (χ2n) is 7.20. The second-order valence-corrected chi connectivity index (χ2v) is 8.78. The number of nitrogens with zero attached hydrogens (tertiary/aromatic N) is 1. The molecule has 0 saturated carbocycles. The number of imide groups is 1. The van der Waals surface area contributed by atoms with Gasteiger partial charge in [0.15, 0.2) is 0 Å². The fraction of sp³-hybridized carbons (Fsp3) is 0.304. The van der Waals surface area contributed by atoms with E-state index in [0.717, 1.165) is 22.3 Å². The van der Waals surface area contributed by atoms with Gasteiger partial charge in [-0.2, -0.15) is 0 Å². The lowest BCUT2D eigenvalue weighted by Crippen LogP contribution is -2.31. The van der Waals surface area contributed by atoms with E-state index in [4.69, 9.17) is 4.74 Å². The average molecular weight is 396 g/mol. The lowest BCUT2D eigenvalue weighted by Gasteiger charge is -2.17. The van der Waals surface area contributed by atoms with Crippen LogP contribution in [0.25, 0.3) is 5.57 Å². The fourth-order valence-electron chi connectivity index (χ4n) is 3.38. The Morgan fingerprint density at radius 1 is 1.04 bits per heavy atom. The van der Waals surface area contributed by atoms with Crippen molar-refractivity contribution < 1.29 is 14.3 Å². The van der Waals surface area contributed by atoms with Crippen LogP contribution in [0, 0.1) is 13.8 Å². The summed E-state index contributed by atoms with van der Waals surface area (Å²) in [5.41, 5.74) is 4.27. The van der Waals surface area contributed by atoms with Gasteiger partial charge in [-0.05, 0) is 31.0 Å². The molecule has 0 aromatic heterocycles. The van der Waals surface area contributed by atoms with Crippen LogP contribution in [0.1, 0.15) is 36.1 Å². The van der Waals surface area contributed by atoms with Gasteiger partial charge in [0.25, 0.3) is 11.8 Å². The summed E-state index contributed by atoms with van der Waals surface area (Å²) < 4.78 is 5.39. The highest BCUT2D eigenvalue weighted by Crippen LogP contribution is 2.40. The average Bonchev–Trinajstić information content (AvgIpc) is 2.86. The standard InChI is InChI=1S/C23H25NO3S/c1-14(2)28-21-20(18-11-10-15(3)12-16(18)4)22(25)24(23(21)26)13-17-8-6-7-9-19(17)27-5/h6-12,14H,13H2,1-5H3. The fourth-order valence-corrected chi connectivity index (χ4v) is 4.38. The van der Waals surface area contributed by atoms with Crippen molar-refractivity contribution in [3.63, 3.8) is 0 Å². The molecule has 2 amide bonds. The van der Waals surface area contributed by atoms with Crippen molar-refractivity contribution in [1.29, 1.82) is 0 Å². The molecule has 4 nitrogen and oxygen atoms in total. The number of hydrogen-bond donors (Lipinski definition) is 0. The van der Waals surface area contributed by atoms with E-state index in [2.05, 4.69) is 0 Å². The maximum absolute atomic E-state index is 13.3. The van der Waals surface area contributed by atoms with E-state index in [-0.39, 0.29) is 23.6 Å². The highest BCUT2D eigenvalue weighted by molar-refractivity contribution is 8.04. The van der Waals surface area contributed by atoms with E-state index in [0.29, 0.717) is 16.2 Å². The molecule has 2 aromatic carbocycles. The number of benzene rings is 2. The van der Waals surface area contributed by atoms with Gasteiger partial charge in [0, 0.05) is 10.8 Å². The maximum atomic E-state index is 13.3. The van der Waals surface area contributed by atoms with Gasteiger partial charge in [-0.1, -0.05) is 55.8 Å². The van der Waals surface area contributed by atoms with Crippen molar-refractivity contribution in [2.45, 2.75) is 39.5 Å². The van der Waals surface area contributed by atoms with Gasteiger partial charge >= 0.3 is 0 Å². The number of hydrogen-bond acceptors (Lipinski definition) is 4. The number of amides is 2. The first-order chi connectivity index (χ1) is 13.3. The molecule has 2 aromatic rings. The van der Waals surface area contributed by atoms with Gasteiger partial charge in [-0.15, -0.1) is 11.8 Å². The molecule has 1 heterocycles. The molecule has 0 unspecified atom stereocenters. The minimum atomic E-state index is -0.244. The number of aryl methyl sites for hydroxylation is 2. The lowest BCUT2D eigenvalue weighted by atomic mass is 9.99. The van der Waals surface area contributed by atoms with Gasteiger partial charge in [0.05, 0.1) is 24.1 Å². The number of carbonyl (C=O) groups excluding carboxylic acids is 2. The van der Waals surface area contributed by atoms with Crippen LogP contribution in [0.5, 0.6) is 5.75 Å². The smallest absolute Gasteiger partial charge is 0.268 e. The van der Waals surface area contributed by atoms with E-state index >= 15 is 0 Å². The van der Waals surface area contributed by atoms with Gasteiger partial charge < -0.3 is 4.74 Å². The monoisotopic (exact) mass is 395 g/mol. The van der Waals surface area contributed by atoms with Crippen molar-refractivity contribution in [3.05, 3.63) is 69.6 Å². The molecule has 0 N–H and O–H groups in total. The normalized spacial score (nSPS) is 14.4. The molecule has 0 bridgehead atoms. The van der Waals surface area contributed by atoms with Crippen molar-refractivity contribution in [3.8, 4) is 5.75 Å². The number of thioether (sulfide) groups is 1. The van der Waals surface area contributed by atoms with Gasteiger partial charge in [0.1, 0.15) is 5.75 Å². The Kier molecular flexibility index (Phi) is 5.94. The summed E-state index contributed by atoms with van der Waals surface area (Å²) >= 11 is 1.45. The van der Waals surface area contributed by atoms with E-state index in [9.17, 15) is 9.59 Å². The van der Waals surface area contributed by atoms with Crippen LogP contribution < -0.4 is 4.74 Å². The molecule has 28 heavy (non-hydrogen) atoms. The molecule has 1 aliphatic rings. The summed E-state index contributed by atoms with van der Waals surface area (Å²) in [7, 11) is 1.59. The van der Waals surface area contributed by atoms with Crippen LogP contribution in [-0.4, -0.2) is 29.1 Å². The van der Waals surface area contributed by atoms with Crippen molar-refractivity contribution in [2.24, 2.45) is 0 Å². The molecule has 1 aliphatic heterocycles. The molecule has 0 spiro atoms. The number of para-hydroxylation sites is 1. The number of carbonyl (C=O) groups is 2. The summed E-state index contributed by atoms with van der Waals surface area (Å²) in [6.45, 7) is 8.24. The van der Waals surface area contributed by atoms with E-state index in [1.54, 1.807) is 7.11 Å². The molecule has 146 valence electrons. The Morgan fingerprint density at radius 2 is 1.75 bits per heavy atom. The third-order valence-electron chi connectivity index (χ3n) is 4.65. The third-order valence-corrected chi connectivity index (χ3v) is 5.74. The first-order valence-corrected chi connectivity index (χ1v) is 10.2. The molecule has 3 rings (SSSR count).